The molecule has 0 bridgehead atoms. The Labute approximate surface area is 100 Å². The Morgan fingerprint density at radius 3 is 3.06 bits per heavy atom. The lowest BCUT2D eigenvalue weighted by Crippen LogP contribution is -2.13. The van der Waals surface area contributed by atoms with E-state index in [0.717, 1.165) is 16.6 Å². The summed E-state index contributed by atoms with van der Waals surface area (Å²) < 4.78 is 5.16. The van der Waals surface area contributed by atoms with Crippen LogP contribution >= 0.6 is 0 Å². The van der Waals surface area contributed by atoms with Crippen LogP contribution in [0.2, 0.25) is 0 Å². The predicted octanol–water partition coefficient (Wildman–Crippen LogP) is 2.30. The first-order valence-electron chi connectivity index (χ1n) is 5.76. The Morgan fingerprint density at radius 2 is 2.29 bits per heavy atom. The summed E-state index contributed by atoms with van der Waals surface area (Å²) in [6.07, 6.45) is 2.37. The summed E-state index contributed by atoms with van der Waals surface area (Å²) in [4.78, 5) is 18.6. The molecule has 0 saturated carbocycles. The molecule has 1 N–H and O–H groups in total. The molecule has 1 aromatic heterocycles. The molecule has 0 radical (unpaired) electrons. The third kappa shape index (κ3) is 2.64. The first-order chi connectivity index (χ1) is 8.18. The molecule has 4 heteroatoms. The zero-order valence-electron chi connectivity index (χ0n) is 10.1. The number of para-hydroxylation sites is 1. The number of esters is 1. The number of fused-ring (bicyclic) bond motifs is 1. The molecule has 1 aromatic carbocycles. The van der Waals surface area contributed by atoms with Gasteiger partial charge in [-0.1, -0.05) is 26.0 Å². The van der Waals surface area contributed by atoms with Crippen LogP contribution in [0.3, 0.4) is 0 Å². The molecule has 17 heavy (non-hydrogen) atoms. The van der Waals surface area contributed by atoms with E-state index in [2.05, 4.69) is 9.97 Å². The van der Waals surface area contributed by atoms with Crippen LogP contribution in [0.5, 0.6) is 0 Å². The molecule has 2 aromatic rings. The number of H-pyrrole nitrogens is 1. The Balaban J connectivity index is 1.99. The van der Waals surface area contributed by atoms with E-state index in [1.165, 1.54) is 0 Å². The lowest BCUT2D eigenvalue weighted by Gasteiger charge is -2.07. The SMILES string of the molecule is CC(C)C(=O)OCCc1cccc2[nH]cnc12. The van der Waals surface area contributed by atoms with Crippen LogP contribution in [0.4, 0.5) is 0 Å². The zero-order chi connectivity index (χ0) is 12.3. The van der Waals surface area contributed by atoms with Gasteiger partial charge in [0.2, 0.25) is 0 Å². The summed E-state index contributed by atoms with van der Waals surface area (Å²) in [7, 11) is 0. The minimum Gasteiger partial charge on any atom is -0.465 e. The molecule has 4 nitrogen and oxygen atoms in total. The normalized spacial score (nSPS) is 11.0. The van der Waals surface area contributed by atoms with Crippen molar-refractivity contribution in [3.8, 4) is 0 Å². The summed E-state index contributed by atoms with van der Waals surface area (Å²) in [5.74, 6) is -0.227. The molecule has 2 rings (SSSR count). The molecular weight excluding hydrogens is 216 g/mol. The number of carbonyl (C=O) groups excluding carboxylic acids is 1. The van der Waals surface area contributed by atoms with E-state index in [9.17, 15) is 4.79 Å². The van der Waals surface area contributed by atoms with Crippen LogP contribution in [0.15, 0.2) is 24.5 Å². The Morgan fingerprint density at radius 1 is 1.47 bits per heavy atom. The van der Waals surface area contributed by atoms with Crippen molar-refractivity contribution in [1.29, 1.82) is 0 Å². The maximum Gasteiger partial charge on any atom is 0.308 e. The van der Waals surface area contributed by atoms with E-state index in [1.807, 2.05) is 32.0 Å². The number of aromatic amines is 1. The van der Waals surface area contributed by atoms with Gasteiger partial charge in [-0.3, -0.25) is 4.79 Å². The molecule has 0 fully saturated rings. The number of carbonyl (C=O) groups is 1. The molecule has 0 spiro atoms. The van der Waals surface area contributed by atoms with Crippen molar-refractivity contribution in [2.45, 2.75) is 20.3 Å². The largest absolute Gasteiger partial charge is 0.465 e. The number of hydrogen-bond donors (Lipinski definition) is 1. The third-order valence-corrected chi connectivity index (χ3v) is 2.62. The molecule has 0 aliphatic carbocycles. The van der Waals surface area contributed by atoms with Gasteiger partial charge in [0.15, 0.2) is 0 Å². The Bertz CT molecular complexity index is 517. The highest BCUT2D eigenvalue weighted by Crippen LogP contribution is 2.15. The number of nitrogens with zero attached hydrogens (tertiary/aromatic N) is 1. The molecule has 1 heterocycles. The molecule has 0 unspecified atom stereocenters. The van der Waals surface area contributed by atoms with E-state index >= 15 is 0 Å². The average Bonchev–Trinajstić information content (AvgIpc) is 2.77. The topological polar surface area (TPSA) is 55.0 Å². The van der Waals surface area contributed by atoms with Gasteiger partial charge in [0, 0.05) is 6.42 Å². The minimum absolute atomic E-state index is 0.0730. The monoisotopic (exact) mass is 232 g/mol. The maximum atomic E-state index is 11.3. The van der Waals surface area contributed by atoms with Crippen LogP contribution in [0.1, 0.15) is 19.4 Å². The fourth-order valence-electron chi connectivity index (χ4n) is 1.66. The van der Waals surface area contributed by atoms with Crippen molar-refractivity contribution in [1.82, 2.24) is 9.97 Å². The van der Waals surface area contributed by atoms with Crippen molar-refractivity contribution in [3.63, 3.8) is 0 Å². The number of imidazole rings is 1. The van der Waals surface area contributed by atoms with Gasteiger partial charge in [0.25, 0.3) is 0 Å². The molecule has 0 aliphatic rings. The van der Waals surface area contributed by atoms with Gasteiger partial charge in [-0.25, -0.2) is 4.98 Å². The van der Waals surface area contributed by atoms with Crippen molar-refractivity contribution in [3.05, 3.63) is 30.1 Å². The van der Waals surface area contributed by atoms with Gasteiger partial charge in [-0.15, -0.1) is 0 Å². The van der Waals surface area contributed by atoms with E-state index in [1.54, 1.807) is 6.33 Å². The van der Waals surface area contributed by atoms with Gasteiger partial charge in [0.1, 0.15) is 0 Å². The molecule has 0 atom stereocenters. The number of ether oxygens (including phenoxy) is 1. The molecule has 0 aliphatic heterocycles. The van der Waals surface area contributed by atoms with Crippen molar-refractivity contribution in [2.24, 2.45) is 5.92 Å². The highest BCUT2D eigenvalue weighted by Gasteiger charge is 2.09. The first-order valence-corrected chi connectivity index (χ1v) is 5.76. The third-order valence-electron chi connectivity index (χ3n) is 2.62. The van der Waals surface area contributed by atoms with Crippen molar-refractivity contribution in [2.75, 3.05) is 6.61 Å². The molecular formula is C13H16N2O2. The van der Waals surface area contributed by atoms with Gasteiger partial charge in [-0.2, -0.15) is 0 Å². The maximum absolute atomic E-state index is 11.3. The highest BCUT2D eigenvalue weighted by atomic mass is 16.5. The number of aromatic nitrogens is 2. The van der Waals surface area contributed by atoms with E-state index < -0.39 is 0 Å². The smallest absolute Gasteiger partial charge is 0.308 e. The second-order valence-electron chi connectivity index (χ2n) is 4.29. The summed E-state index contributed by atoms with van der Waals surface area (Å²) in [5, 5.41) is 0. The van der Waals surface area contributed by atoms with E-state index in [4.69, 9.17) is 4.74 Å². The molecule has 0 amide bonds. The van der Waals surface area contributed by atoms with Crippen LogP contribution in [-0.2, 0) is 16.0 Å². The van der Waals surface area contributed by atoms with E-state index in [-0.39, 0.29) is 11.9 Å². The quantitative estimate of drug-likeness (QED) is 0.823. The van der Waals surface area contributed by atoms with Gasteiger partial charge < -0.3 is 9.72 Å². The zero-order valence-corrected chi connectivity index (χ0v) is 10.1. The first kappa shape index (κ1) is 11.6. The second-order valence-corrected chi connectivity index (χ2v) is 4.29. The van der Waals surface area contributed by atoms with Crippen LogP contribution in [0.25, 0.3) is 11.0 Å². The lowest BCUT2D eigenvalue weighted by molar-refractivity contribution is -0.147. The predicted molar refractivity (Wildman–Crippen MR) is 65.6 cm³/mol. The minimum atomic E-state index is -0.154. The number of benzene rings is 1. The fourth-order valence-corrected chi connectivity index (χ4v) is 1.66. The van der Waals surface area contributed by atoms with Gasteiger partial charge >= 0.3 is 5.97 Å². The average molecular weight is 232 g/mol. The van der Waals surface area contributed by atoms with Gasteiger partial charge in [-0.05, 0) is 11.6 Å². The Hall–Kier alpha value is -1.84. The Kier molecular flexibility index (Phi) is 3.42. The van der Waals surface area contributed by atoms with Gasteiger partial charge in [0.05, 0.1) is 29.9 Å². The van der Waals surface area contributed by atoms with Crippen LogP contribution < -0.4 is 0 Å². The van der Waals surface area contributed by atoms with Crippen LogP contribution in [0, 0.1) is 5.92 Å². The molecule has 90 valence electrons. The number of rotatable bonds is 4. The van der Waals surface area contributed by atoms with Crippen molar-refractivity contribution < 1.29 is 9.53 Å². The summed E-state index contributed by atoms with van der Waals surface area (Å²) in [6.45, 7) is 4.07. The fraction of sp³-hybridized carbons (Fsp3) is 0.385. The second kappa shape index (κ2) is 4.99. The van der Waals surface area contributed by atoms with Crippen molar-refractivity contribution >= 4 is 17.0 Å². The lowest BCUT2D eigenvalue weighted by atomic mass is 10.1. The summed E-state index contributed by atoms with van der Waals surface area (Å²) >= 11 is 0. The van der Waals surface area contributed by atoms with E-state index in [0.29, 0.717) is 13.0 Å². The standard InChI is InChI=1S/C13H16N2O2/c1-9(2)13(16)17-7-6-10-4-3-5-11-12(10)15-8-14-11/h3-5,8-9H,6-7H2,1-2H3,(H,14,15). The molecule has 0 saturated heterocycles. The number of nitrogens with one attached hydrogen (secondary N) is 1. The van der Waals surface area contributed by atoms with Crippen LogP contribution in [-0.4, -0.2) is 22.5 Å². The summed E-state index contributed by atoms with van der Waals surface area (Å²) in [6, 6.07) is 5.96. The summed E-state index contributed by atoms with van der Waals surface area (Å²) in [5.41, 5.74) is 3.06. The highest BCUT2D eigenvalue weighted by molar-refractivity contribution is 5.78. The number of hydrogen-bond acceptors (Lipinski definition) is 3.